The van der Waals surface area contributed by atoms with Crippen LogP contribution in [-0.4, -0.2) is 17.7 Å². The standard InChI is InChI=1S/C26H25FO4S/c27-14-18-4-6-19(7-5-18)15-30-21-10-8-20(9-11-21)17-32-25-13-12-24(31-16-26(28)29)22-2-1-3-23(22)25/h4-13H,1-3,14-17H2,(H,28,29). The summed E-state index contributed by atoms with van der Waals surface area (Å²) in [5.74, 6) is 1.38. The van der Waals surface area contributed by atoms with Crippen molar-refractivity contribution < 1.29 is 23.8 Å². The Hall–Kier alpha value is -2.99. The molecule has 4 nitrogen and oxygen atoms in total. The van der Waals surface area contributed by atoms with E-state index >= 15 is 0 Å². The molecule has 0 aliphatic heterocycles. The molecular weight excluding hydrogens is 427 g/mol. The number of hydrogen-bond donors (Lipinski definition) is 1. The Bertz CT molecular complexity index is 1060. The first-order chi connectivity index (χ1) is 15.6. The summed E-state index contributed by atoms with van der Waals surface area (Å²) < 4.78 is 23.9. The molecule has 0 aromatic heterocycles. The van der Waals surface area contributed by atoms with Crippen molar-refractivity contribution in [2.45, 2.75) is 43.2 Å². The molecule has 166 valence electrons. The van der Waals surface area contributed by atoms with E-state index in [0.717, 1.165) is 41.9 Å². The monoisotopic (exact) mass is 452 g/mol. The van der Waals surface area contributed by atoms with Crippen LogP contribution < -0.4 is 9.47 Å². The topological polar surface area (TPSA) is 55.8 Å². The number of fused-ring (bicyclic) bond motifs is 1. The second kappa shape index (κ2) is 10.6. The predicted molar refractivity (Wildman–Crippen MR) is 123 cm³/mol. The first-order valence-electron chi connectivity index (χ1n) is 10.6. The van der Waals surface area contributed by atoms with E-state index in [4.69, 9.17) is 14.6 Å². The van der Waals surface area contributed by atoms with Crippen molar-refractivity contribution >= 4 is 17.7 Å². The fourth-order valence-corrected chi connectivity index (χ4v) is 4.86. The largest absolute Gasteiger partial charge is 0.489 e. The summed E-state index contributed by atoms with van der Waals surface area (Å²) in [7, 11) is 0. The molecule has 4 rings (SSSR count). The smallest absolute Gasteiger partial charge is 0.341 e. The lowest BCUT2D eigenvalue weighted by Gasteiger charge is -2.13. The molecule has 0 saturated heterocycles. The van der Waals surface area contributed by atoms with Gasteiger partial charge in [0, 0.05) is 10.6 Å². The number of benzene rings is 3. The predicted octanol–water partition coefficient (Wildman–Crippen LogP) is 5.98. The van der Waals surface area contributed by atoms with Crippen LogP contribution in [0.5, 0.6) is 11.5 Å². The molecule has 0 unspecified atom stereocenters. The molecule has 6 heteroatoms. The van der Waals surface area contributed by atoms with Crippen LogP contribution in [0.3, 0.4) is 0 Å². The Balaban J connectivity index is 1.33. The minimum absolute atomic E-state index is 0.309. The van der Waals surface area contributed by atoms with E-state index in [0.29, 0.717) is 17.9 Å². The maximum atomic E-state index is 12.6. The van der Waals surface area contributed by atoms with E-state index in [1.807, 2.05) is 36.4 Å². The SMILES string of the molecule is O=C(O)COc1ccc(SCc2ccc(OCc3ccc(CF)cc3)cc2)c2c1CCC2. The van der Waals surface area contributed by atoms with Crippen molar-refractivity contribution in [1.29, 1.82) is 0 Å². The highest BCUT2D eigenvalue weighted by Gasteiger charge is 2.20. The summed E-state index contributed by atoms with van der Waals surface area (Å²) in [4.78, 5) is 12.0. The van der Waals surface area contributed by atoms with Gasteiger partial charge in [-0.25, -0.2) is 9.18 Å². The van der Waals surface area contributed by atoms with E-state index in [9.17, 15) is 9.18 Å². The molecule has 0 bridgehead atoms. The second-order valence-electron chi connectivity index (χ2n) is 7.73. The highest BCUT2D eigenvalue weighted by molar-refractivity contribution is 7.98. The van der Waals surface area contributed by atoms with Crippen molar-refractivity contribution in [3.8, 4) is 11.5 Å². The van der Waals surface area contributed by atoms with E-state index in [2.05, 4.69) is 12.1 Å². The summed E-state index contributed by atoms with van der Waals surface area (Å²) >= 11 is 1.79. The molecule has 1 aliphatic carbocycles. The number of alkyl halides is 1. The summed E-state index contributed by atoms with van der Waals surface area (Å²) in [5.41, 5.74) is 5.32. The fraction of sp³-hybridized carbons (Fsp3) is 0.269. The molecule has 1 N–H and O–H groups in total. The quantitative estimate of drug-likeness (QED) is 0.384. The Labute approximate surface area is 191 Å². The second-order valence-corrected chi connectivity index (χ2v) is 8.74. The minimum Gasteiger partial charge on any atom is -0.489 e. The van der Waals surface area contributed by atoms with Crippen LogP contribution in [0.4, 0.5) is 4.39 Å². The van der Waals surface area contributed by atoms with E-state index < -0.39 is 12.6 Å². The van der Waals surface area contributed by atoms with Gasteiger partial charge in [0.1, 0.15) is 24.8 Å². The van der Waals surface area contributed by atoms with Crippen molar-refractivity contribution in [3.63, 3.8) is 0 Å². The summed E-state index contributed by atoms with van der Waals surface area (Å²) in [6, 6.07) is 19.3. The van der Waals surface area contributed by atoms with Crippen LogP contribution in [0.25, 0.3) is 0 Å². The zero-order chi connectivity index (χ0) is 22.3. The molecule has 0 radical (unpaired) electrons. The lowest BCUT2D eigenvalue weighted by Crippen LogP contribution is -2.10. The summed E-state index contributed by atoms with van der Waals surface area (Å²) in [6.45, 7) is -0.314. The first kappa shape index (κ1) is 22.2. The van der Waals surface area contributed by atoms with Crippen LogP contribution in [0.1, 0.15) is 34.2 Å². The molecule has 0 amide bonds. The van der Waals surface area contributed by atoms with E-state index in [-0.39, 0.29) is 6.61 Å². The first-order valence-corrected chi connectivity index (χ1v) is 11.6. The van der Waals surface area contributed by atoms with Crippen molar-refractivity contribution in [3.05, 3.63) is 88.5 Å². The lowest BCUT2D eigenvalue weighted by atomic mass is 10.1. The molecule has 0 fully saturated rings. The van der Waals surface area contributed by atoms with Crippen LogP contribution in [0, 0.1) is 0 Å². The van der Waals surface area contributed by atoms with Gasteiger partial charge in [-0.3, -0.25) is 0 Å². The average Bonchev–Trinajstić information content (AvgIpc) is 3.32. The van der Waals surface area contributed by atoms with Gasteiger partial charge >= 0.3 is 5.97 Å². The fourth-order valence-electron chi connectivity index (χ4n) is 3.78. The lowest BCUT2D eigenvalue weighted by molar-refractivity contribution is -0.139. The number of halogens is 1. The Morgan fingerprint density at radius 3 is 2.28 bits per heavy atom. The van der Waals surface area contributed by atoms with Gasteiger partial charge in [0.05, 0.1) is 0 Å². The Kier molecular flexibility index (Phi) is 7.32. The number of aliphatic carboxylic acids is 1. The number of carboxylic acid groups (broad SMARTS) is 1. The molecule has 0 saturated carbocycles. The molecule has 1 aliphatic rings. The number of carbonyl (C=O) groups is 1. The van der Waals surface area contributed by atoms with Gasteiger partial charge in [-0.15, -0.1) is 11.8 Å². The van der Waals surface area contributed by atoms with Gasteiger partial charge in [0.15, 0.2) is 6.61 Å². The summed E-state index contributed by atoms with van der Waals surface area (Å²) in [6.07, 6.45) is 3.00. The number of carboxylic acids is 1. The van der Waals surface area contributed by atoms with E-state index in [1.165, 1.54) is 16.0 Å². The van der Waals surface area contributed by atoms with Crippen molar-refractivity contribution in [2.24, 2.45) is 0 Å². The van der Waals surface area contributed by atoms with Gasteiger partial charge in [0.25, 0.3) is 0 Å². The van der Waals surface area contributed by atoms with Crippen LogP contribution in [-0.2, 0) is 36.7 Å². The molecule has 3 aromatic carbocycles. The molecule has 0 heterocycles. The maximum absolute atomic E-state index is 12.6. The highest BCUT2D eigenvalue weighted by Crippen LogP contribution is 2.38. The number of hydrogen-bond acceptors (Lipinski definition) is 4. The van der Waals surface area contributed by atoms with Gasteiger partial charge < -0.3 is 14.6 Å². The molecular formula is C26H25FO4S. The maximum Gasteiger partial charge on any atom is 0.341 e. The third-order valence-electron chi connectivity index (χ3n) is 5.45. The van der Waals surface area contributed by atoms with Gasteiger partial charge in [-0.1, -0.05) is 36.4 Å². The van der Waals surface area contributed by atoms with E-state index in [1.54, 1.807) is 23.9 Å². The Morgan fingerprint density at radius 2 is 1.56 bits per heavy atom. The average molecular weight is 453 g/mol. The van der Waals surface area contributed by atoms with Crippen LogP contribution >= 0.6 is 11.8 Å². The minimum atomic E-state index is -0.961. The number of ether oxygens (including phenoxy) is 2. The Morgan fingerprint density at radius 1 is 0.875 bits per heavy atom. The van der Waals surface area contributed by atoms with Gasteiger partial charge in [0.2, 0.25) is 0 Å². The van der Waals surface area contributed by atoms with Gasteiger partial charge in [-0.05, 0) is 71.3 Å². The zero-order valence-electron chi connectivity index (χ0n) is 17.7. The third kappa shape index (κ3) is 5.62. The van der Waals surface area contributed by atoms with Crippen LogP contribution in [0.15, 0.2) is 65.6 Å². The summed E-state index contributed by atoms with van der Waals surface area (Å²) in [5, 5.41) is 8.87. The van der Waals surface area contributed by atoms with Crippen LogP contribution in [0.2, 0.25) is 0 Å². The van der Waals surface area contributed by atoms with Crippen molar-refractivity contribution in [1.82, 2.24) is 0 Å². The van der Waals surface area contributed by atoms with Crippen molar-refractivity contribution in [2.75, 3.05) is 6.61 Å². The van der Waals surface area contributed by atoms with Gasteiger partial charge in [-0.2, -0.15) is 0 Å². The molecule has 32 heavy (non-hydrogen) atoms. The number of rotatable bonds is 10. The number of thioether (sulfide) groups is 1. The molecule has 3 aromatic rings. The normalized spacial score (nSPS) is 12.4. The molecule has 0 spiro atoms. The third-order valence-corrected chi connectivity index (χ3v) is 6.62. The highest BCUT2D eigenvalue weighted by atomic mass is 32.2. The zero-order valence-corrected chi connectivity index (χ0v) is 18.5. The molecule has 0 atom stereocenters.